The minimum atomic E-state index is 0.444. The number of rotatable bonds is 2. The van der Waals surface area contributed by atoms with Crippen molar-refractivity contribution >= 4 is 21.6 Å². The van der Waals surface area contributed by atoms with Gasteiger partial charge in [-0.3, -0.25) is 4.68 Å². The van der Waals surface area contributed by atoms with E-state index >= 15 is 0 Å². The predicted molar refractivity (Wildman–Crippen MR) is 62.1 cm³/mol. The SMILES string of the molecule is CC(C)c1nn(C(C)C)c2ccsc12. The monoisotopic (exact) mass is 208 g/mol. The highest BCUT2D eigenvalue weighted by Crippen LogP contribution is 2.30. The summed E-state index contributed by atoms with van der Waals surface area (Å²) in [7, 11) is 0. The minimum absolute atomic E-state index is 0.444. The summed E-state index contributed by atoms with van der Waals surface area (Å²) in [6.07, 6.45) is 0. The third-order valence-electron chi connectivity index (χ3n) is 2.38. The highest BCUT2D eigenvalue weighted by atomic mass is 32.1. The first-order chi connectivity index (χ1) is 6.61. The normalized spacial score (nSPS) is 12.1. The Kier molecular flexibility index (Phi) is 2.35. The first-order valence-electron chi connectivity index (χ1n) is 5.07. The van der Waals surface area contributed by atoms with Gasteiger partial charge in [0.15, 0.2) is 0 Å². The number of hydrogen-bond donors (Lipinski definition) is 0. The van der Waals surface area contributed by atoms with E-state index in [1.807, 2.05) is 0 Å². The van der Waals surface area contributed by atoms with Gasteiger partial charge in [-0.05, 0) is 31.2 Å². The first-order valence-corrected chi connectivity index (χ1v) is 5.94. The van der Waals surface area contributed by atoms with Crippen LogP contribution < -0.4 is 0 Å². The Morgan fingerprint density at radius 2 is 2.00 bits per heavy atom. The van der Waals surface area contributed by atoms with Crippen LogP contribution in [-0.2, 0) is 0 Å². The fourth-order valence-electron chi connectivity index (χ4n) is 1.66. The van der Waals surface area contributed by atoms with Gasteiger partial charge in [0.05, 0.1) is 15.9 Å². The van der Waals surface area contributed by atoms with Crippen molar-refractivity contribution in [1.29, 1.82) is 0 Å². The van der Waals surface area contributed by atoms with Gasteiger partial charge in [-0.1, -0.05) is 13.8 Å². The molecule has 0 saturated heterocycles. The molecular weight excluding hydrogens is 192 g/mol. The molecule has 0 radical (unpaired) electrons. The number of hydrogen-bond acceptors (Lipinski definition) is 2. The quantitative estimate of drug-likeness (QED) is 0.734. The van der Waals surface area contributed by atoms with Crippen molar-refractivity contribution in [2.45, 2.75) is 39.7 Å². The molecular formula is C11H16N2S. The Labute approximate surface area is 88.6 Å². The summed E-state index contributed by atoms with van der Waals surface area (Å²) in [6.45, 7) is 8.75. The first kappa shape index (κ1) is 9.71. The van der Waals surface area contributed by atoms with Crippen LogP contribution in [0.15, 0.2) is 11.4 Å². The van der Waals surface area contributed by atoms with Gasteiger partial charge in [0.2, 0.25) is 0 Å². The van der Waals surface area contributed by atoms with Gasteiger partial charge < -0.3 is 0 Å². The van der Waals surface area contributed by atoms with E-state index in [1.54, 1.807) is 11.3 Å². The van der Waals surface area contributed by atoms with Crippen molar-refractivity contribution in [3.8, 4) is 0 Å². The molecule has 76 valence electrons. The summed E-state index contributed by atoms with van der Waals surface area (Å²) in [5.74, 6) is 0.510. The van der Waals surface area contributed by atoms with Crippen molar-refractivity contribution in [2.75, 3.05) is 0 Å². The molecule has 0 fully saturated rings. The molecule has 0 spiro atoms. The molecule has 0 N–H and O–H groups in total. The lowest BCUT2D eigenvalue weighted by Gasteiger charge is -2.05. The zero-order chi connectivity index (χ0) is 10.3. The molecule has 0 atom stereocenters. The third-order valence-corrected chi connectivity index (χ3v) is 3.30. The maximum absolute atomic E-state index is 4.68. The summed E-state index contributed by atoms with van der Waals surface area (Å²) in [5.41, 5.74) is 2.53. The smallest absolute Gasteiger partial charge is 0.0828 e. The number of thiophene rings is 1. The molecule has 0 aromatic carbocycles. The number of fused-ring (bicyclic) bond motifs is 1. The fourth-order valence-corrected chi connectivity index (χ4v) is 2.67. The predicted octanol–water partition coefficient (Wildman–Crippen LogP) is 3.80. The summed E-state index contributed by atoms with van der Waals surface area (Å²) in [5, 5.41) is 6.83. The molecule has 2 heterocycles. The van der Waals surface area contributed by atoms with Crippen molar-refractivity contribution < 1.29 is 0 Å². The van der Waals surface area contributed by atoms with E-state index in [2.05, 4.69) is 48.9 Å². The largest absolute Gasteiger partial charge is 0.261 e. The molecule has 2 aromatic heterocycles. The standard InChI is InChI=1S/C11H16N2S/c1-7(2)10-11-9(5-6-14-11)13(12-10)8(3)4/h5-8H,1-4H3. The van der Waals surface area contributed by atoms with Crippen molar-refractivity contribution in [2.24, 2.45) is 0 Å². The third kappa shape index (κ3) is 1.36. The molecule has 2 nitrogen and oxygen atoms in total. The van der Waals surface area contributed by atoms with E-state index in [0.29, 0.717) is 12.0 Å². The van der Waals surface area contributed by atoms with E-state index in [1.165, 1.54) is 15.9 Å². The zero-order valence-corrected chi connectivity index (χ0v) is 9.93. The molecule has 0 unspecified atom stereocenters. The fraction of sp³-hybridized carbons (Fsp3) is 0.545. The van der Waals surface area contributed by atoms with Gasteiger partial charge in [0, 0.05) is 6.04 Å². The van der Waals surface area contributed by atoms with Crippen LogP contribution >= 0.6 is 11.3 Å². The van der Waals surface area contributed by atoms with Crippen LogP contribution in [0.5, 0.6) is 0 Å². The molecule has 3 heteroatoms. The van der Waals surface area contributed by atoms with Crippen LogP contribution in [-0.4, -0.2) is 9.78 Å². The van der Waals surface area contributed by atoms with Crippen LogP contribution in [0.4, 0.5) is 0 Å². The lowest BCUT2D eigenvalue weighted by atomic mass is 10.1. The Morgan fingerprint density at radius 3 is 2.57 bits per heavy atom. The van der Waals surface area contributed by atoms with Gasteiger partial charge in [-0.15, -0.1) is 11.3 Å². The number of aromatic nitrogens is 2. The topological polar surface area (TPSA) is 17.8 Å². The summed E-state index contributed by atoms with van der Waals surface area (Å²) < 4.78 is 3.48. The second-order valence-electron chi connectivity index (χ2n) is 4.21. The molecule has 0 bridgehead atoms. The average Bonchev–Trinajstić information content (AvgIpc) is 2.59. The minimum Gasteiger partial charge on any atom is -0.261 e. The summed E-state index contributed by atoms with van der Waals surface area (Å²) >= 11 is 1.80. The van der Waals surface area contributed by atoms with Crippen LogP contribution in [0.25, 0.3) is 10.2 Å². The van der Waals surface area contributed by atoms with Gasteiger partial charge >= 0.3 is 0 Å². The second kappa shape index (κ2) is 3.39. The van der Waals surface area contributed by atoms with Crippen molar-refractivity contribution in [3.63, 3.8) is 0 Å². The molecule has 0 amide bonds. The van der Waals surface area contributed by atoms with Crippen LogP contribution in [0.3, 0.4) is 0 Å². The van der Waals surface area contributed by atoms with Crippen LogP contribution in [0.1, 0.15) is 45.3 Å². The lowest BCUT2D eigenvalue weighted by Crippen LogP contribution is -2.03. The lowest BCUT2D eigenvalue weighted by molar-refractivity contribution is 0.539. The maximum Gasteiger partial charge on any atom is 0.0828 e. The highest BCUT2D eigenvalue weighted by Gasteiger charge is 2.15. The Bertz CT molecular complexity index is 400. The summed E-state index contributed by atoms with van der Waals surface area (Å²) in [6, 6.07) is 2.61. The van der Waals surface area contributed by atoms with Gasteiger partial charge in [0.1, 0.15) is 0 Å². The van der Waals surface area contributed by atoms with E-state index in [9.17, 15) is 0 Å². The number of nitrogens with zero attached hydrogens (tertiary/aromatic N) is 2. The van der Waals surface area contributed by atoms with Gasteiger partial charge in [0.25, 0.3) is 0 Å². The average molecular weight is 208 g/mol. The van der Waals surface area contributed by atoms with E-state index < -0.39 is 0 Å². The maximum atomic E-state index is 4.68. The van der Waals surface area contributed by atoms with Crippen molar-refractivity contribution in [1.82, 2.24) is 9.78 Å². The van der Waals surface area contributed by atoms with E-state index in [4.69, 9.17) is 0 Å². The molecule has 0 aliphatic heterocycles. The van der Waals surface area contributed by atoms with Crippen molar-refractivity contribution in [3.05, 3.63) is 17.1 Å². The van der Waals surface area contributed by atoms with E-state index in [0.717, 1.165) is 0 Å². The molecule has 0 aliphatic rings. The zero-order valence-electron chi connectivity index (χ0n) is 9.11. The Morgan fingerprint density at radius 1 is 1.29 bits per heavy atom. The molecule has 0 aliphatic carbocycles. The van der Waals surface area contributed by atoms with Gasteiger partial charge in [-0.2, -0.15) is 5.10 Å². The molecule has 2 aromatic rings. The molecule has 2 rings (SSSR count). The van der Waals surface area contributed by atoms with Gasteiger partial charge in [-0.25, -0.2) is 0 Å². The second-order valence-corrected chi connectivity index (χ2v) is 5.13. The summed E-state index contributed by atoms with van der Waals surface area (Å²) in [4.78, 5) is 0. The van der Waals surface area contributed by atoms with E-state index in [-0.39, 0.29) is 0 Å². The Balaban J connectivity index is 2.68. The van der Waals surface area contributed by atoms with Crippen LogP contribution in [0.2, 0.25) is 0 Å². The van der Waals surface area contributed by atoms with Crippen LogP contribution in [0, 0.1) is 0 Å². The Hall–Kier alpha value is -0.830. The molecule has 14 heavy (non-hydrogen) atoms. The highest BCUT2D eigenvalue weighted by molar-refractivity contribution is 7.17. The molecule has 0 saturated carbocycles.